The molecule has 1 aromatic carbocycles. The van der Waals surface area contributed by atoms with E-state index in [2.05, 4.69) is 60.9 Å². The Morgan fingerprint density at radius 2 is 1.47 bits per heavy atom. The van der Waals surface area contributed by atoms with Crippen LogP contribution in [0.5, 0.6) is 0 Å². The van der Waals surface area contributed by atoms with Crippen molar-refractivity contribution < 1.29 is 0 Å². The third-order valence-corrected chi connectivity index (χ3v) is 3.73. The summed E-state index contributed by atoms with van der Waals surface area (Å²) in [5.41, 5.74) is 2.47. The van der Waals surface area contributed by atoms with Gasteiger partial charge in [0.05, 0.1) is 0 Å². The van der Waals surface area contributed by atoms with Crippen molar-refractivity contribution in [1.82, 2.24) is 0 Å². The van der Waals surface area contributed by atoms with Gasteiger partial charge in [-0.3, -0.25) is 0 Å². The summed E-state index contributed by atoms with van der Waals surface area (Å²) in [5.74, 6) is 2.20. The van der Waals surface area contributed by atoms with E-state index < -0.39 is 0 Å². The Morgan fingerprint density at radius 3 is 2.24 bits per heavy atom. The van der Waals surface area contributed by atoms with Crippen LogP contribution in [-0.2, 0) is 0 Å². The van der Waals surface area contributed by atoms with E-state index >= 15 is 0 Å². The van der Waals surface area contributed by atoms with Crippen molar-refractivity contribution in [3.8, 4) is 10.9 Å². The average molecular weight is 238 g/mol. The molecule has 0 bridgehead atoms. The molecule has 0 nitrogen and oxygen atoms in total. The SMILES string of the molecule is C=Cc1cccccc[pH]c1-c1ccccc1. The van der Waals surface area contributed by atoms with Gasteiger partial charge in [0.15, 0.2) is 0 Å². The predicted octanol–water partition coefficient (Wildman–Crippen LogP) is 5.15. The molecular weight excluding hydrogens is 223 g/mol. The van der Waals surface area contributed by atoms with Gasteiger partial charge in [-0.1, -0.05) is 73.3 Å². The molecule has 1 unspecified atom stereocenters. The third-order valence-electron chi connectivity index (χ3n) is 2.50. The monoisotopic (exact) mass is 238 g/mol. The molecule has 0 N–H and O–H groups in total. The van der Waals surface area contributed by atoms with E-state index in [1.165, 1.54) is 16.4 Å². The lowest BCUT2D eigenvalue weighted by molar-refractivity contribution is 1.67. The van der Waals surface area contributed by atoms with Crippen molar-refractivity contribution in [2.45, 2.75) is 0 Å². The number of rotatable bonds is 2. The van der Waals surface area contributed by atoms with Gasteiger partial charge in [-0.25, -0.2) is 0 Å². The maximum Gasteiger partial charge on any atom is 0.00537 e. The van der Waals surface area contributed by atoms with Gasteiger partial charge in [-0.15, -0.1) is 8.19 Å². The van der Waals surface area contributed by atoms with Crippen molar-refractivity contribution >= 4 is 14.3 Å². The van der Waals surface area contributed by atoms with Gasteiger partial charge in [0.1, 0.15) is 0 Å². The van der Waals surface area contributed by atoms with Crippen molar-refractivity contribution in [1.29, 1.82) is 0 Å². The van der Waals surface area contributed by atoms with Crippen LogP contribution in [0.25, 0.3) is 16.9 Å². The first-order valence-corrected chi connectivity index (χ1v) is 6.68. The van der Waals surface area contributed by atoms with Crippen LogP contribution >= 0.6 is 8.19 Å². The molecule has 1 aromatic heterocycles. The molecule has 0 spiro atoms. The molecular formula is C16H15P. The van der Waals surface area contributed by atoms with Gasteiger partial charge in [-0.05, 0) is 16.9 Å². The van der Waals surface area contributed by atoms with Crippen LogP contribution in [0.4, 0.5) is 0 Å². The summed E-state index contributed by atoms with van der Waals surface area (Å²) in [6, 6.07) is 20.9. The normalized spacial score (nSPS) is 9.88. The quantitative estimate of drug-likeness (QED) is 0.678. The first-order valence-electron chi connectivity index (χ1n) is 5.60. The Hall–Kier alpha value is -1.78. The second-order valence-electron chi connectivity index (χ2n) is 3.65. The summed E-state index contributed by atoms with van der Waals surface area (Å²) in [4.78, 5) is 0. The number of hydrogen-bond donors (Lipinski definition) is 0. The first-order chi connectivity index (χ1) is 8.42. The number of benzene rings is 1. The van der Waals surface area contributed by atoms with E-state index in [9.17, 15) is 0 Å². The van der Waals surface area contributed by atoms with E-state index in [4.69, 9.17) is 0 Å². The molecule has 0 aliphatic heterocycles. The zero-order valence-electron chi connectivity index (χ0n) is 9.64. The Bertz CT molecular complexity index is 536. The van der Waals surface area contributed by atoms with Crippen molar-refractivity contribution in [2.75, 3.05) is 0 Å². The molecule has 0 saturated carbocycles. The molecule has 1 heterocycles. The summed E-state index contributed by atoms with van der Waals surface area (Å²) in [5, 5.41) is 1.34. The van der Waals surface area contributed by atoms with E-state index in [0.29, 0.717) is 8.19 Å². The minimum atomic E-state index is 0.667. The molecule has 1 heteroatoms. The Morgan fingerprint density at radius 1 is 0.824 bits per heavy atom. The third kappa shape index (κ3) is 3.09. The average Bonchev–Trinajstić information content (AvgIpc) is 2.51. The minimum absolute atomic E-state index is 0.667. The summed E-state index contributed by atoms with van der Waals surface area (Å²) in [7, 11) is 0.667. The Balaban J connectivity index is 2.69. The number of hydrogen-bond acceptors (Lipinski definition) is 0. The smallest absolute Gasteiger partial charge is 0.00537 e. The zero-order valence-corrected chi connectivity index (χ0v) is 10.6. The van der Waals surface area contributed by atoms with Gasteiger partial charge in [0.25, 0.3) is 0 Å². The fourth-order valence-corrected chi connectivity index (χ4v) is 2.73. The standard InChI is InChI=1S/C16H15P/c1-2-14-10-6-3-4-9-13-17-16(14)15-11-7-5-8-12-15/h2-13,17H,1H2. The molecule has 0 aliphatic rings. The van der Waals surface area contributed by atoms with Gasteiger partial charge in [-0.2, -0.15) is 0 Å². The summed E-state index contributed by atoms with van der Waals surface area (Å²) < 4.78 is 0. The van der Waals surface area contributed by atoms with Crippen LogP contribution < -0.4 is 0 Å². The first kappa shape index (κ1) is 11.7. The van der Waals surface area contributed by atoms with Crippen molar-refractivity contribution in [3.05, 3.63) is 78.6 Å². The fourth-order valence-electron chi connectivity index (χ4n) is 1.67. The van der Waals surface area contributed by atoms with Crippen LogP contribution in [0.15, 0.2) is 73.0 Å². The van der Waals surface area contributed by atoms with E-state index in [1.54, 1.807) is 0 Å². The van der Waals surface area contributed by atoms with E-state index in [0.717, 1.165) is 0 Å². The van der Waals surface area contributed by atoms with E-state index in [1.807, 2.05) is 18.2 Å². The molecule has 2 aromatic rings. The summed E-state index contributed by atoms with van der Waals surface area (Å²) >= 11 is 0. The fraction of sp³-hybridized carbons (Fsp3) is 0. The van der Waals surface area contributed by atoms with Crippen LogP contribution in [0, 0.1) is 0 Å². The zero-order chi connectivity index (χ0) is 11.9. The van der Waals surface area contributed by atoms with Gasteiger partial charge >= 0.3 is 0 Å². The van der Waals surface area contributed by atoms with Crippen molar-refractivity contribution in [2.24, 2.45) is 0 Å². The van der Waals surface area contributed by atoms with Gasteiger partial charge < -0.3 is 0 Å². The van der Waals surface area contributed by atoms with Crippen LogP contribution in [0.2, 0.25) is 0 Å². The largest absolute Gasteiger partial charge is 0.131 e. The van der Waals surface area contributed by atoms with Crippen LogP contribution in [0.3, 0.4) is 0 Å². The molecule has 0 fully saturated rings. The second-order valence-corrected chi connectivity index (χ2v) is 4.77. The Labute approximate surface area is 104 Å². The van der Waals surface area contributed by atoms with Gasteiger partial charge in [0, 0.05) is 5.30 Å². The molecule has 84 valence electrons. The van der Waals surface area contributed by atoms with Crippen molar-refractivity contribution in [3.63, 3.8) is 0 Å². The molecule has 17 heavy (non-hydrogen) atoms. The maximum atomic E-state index is 3.91. The lowest BCUT2D eigenvalue weighted by atomic mass is 10.1. The summed E-state index contributed by atoms with van der Waals surface area (Å²) in [6.07, 6.45) is 1.93. The highest BCUT2D eigenvalue weighted by Crippen LogP contribution is 2.29. The molecule has 1 atom stereocenters. The predicted molar refractivity (Wildman–Crippen MR) is 79.1 cm³/mol. The molecule has 0 amide bonds. The van der Waals surface area contributed by atoms with Gasteiger partial charge in [0.2, 0.25) is 0 Å². The molecule has 0 aliphatic carbocycles. The molecule has 0 radical (unpaired) electrons. The maximum absolute atomic E-state index is 3.91. The lowest BCUT2D eigenvalue weighted by Gasteiger charge is -2.02. The highest BCUT2D eigenvalue weighted by Gasteiger charge is 1.98. The van der Waals surface area contributed by atoms with Crippen LogP contribution in [0.1, 0.15) is 5.56 Å². The van der Waals surface area contributed by atoms with Crippen LogP contribution in [-0.4, -0.2) is 0 Å². The molecule has 2 rings (SSSR count). The Kier molecular flexibility index (Phi) is 4.18. The summed E-state index contributed by atoms with van der Waals surface area (Å²) in [6.45, 7) is 3.91. The molecule has 0 saturated heterocycles. The topological polar surface area (TPSA) is 0 Å². The highest BCUT2D eigenvalue weighted by atomic mass is 31.0. The minimum Gasteiger partial charge on any atom is -0.131 e. The lowest BCUT2D eigenvalue weighted by Crippen LogP contribution is -1.75. The van der Waals surface area contributed by atoms with E-state index in [-0.39, 0.29) is 0 Å². The highest BCUT2D eigenvalue weighted by molar-refractivity contribution is 7.33. The second kappa shape index (κ2) is 6.08.